The van der Waals surface area contributed by atoms with Crippen LogP contribution in [0.15, 0.2) is 66.7 Å². The molecule has 0 unspecified atom stereocenters. The molecule has 2 bridgehead atoms. The van der Waals surface area contributed by atoms with Gasteiger partial charge in [-0.25, -0.2) is 4.39 Å². The average molecular weight is 430 g/mol. The zero-order valence-corrected chi connectivity index (χ0v) is 17.4. The highest BCUT2D eigenvalue weighted by atomic mass is 19.1. The topological polar surface area (TPSA) is 66.5 Å². The normalized spacial score (nSPS) is 32.5. The Kier molecular flexibility index (Phi) is 4.32. The van der Waals surface area contributed by atoms with Crippen molar-refractivity contribution in [3.05, 3.63) is 78.1 Å². The fourth-order valence-corrected chi connectivity index (χ4v) is 6.18. The molecule has 0 spiro atoms. The van der Waals surface area contributed by atoms with Crippen LogP contribution in [-0.2, 0) is 20.8 Å². The average Bonchev–Trinajstić information content (AvgIpc) is 3.58. The fourth-order valence-electron chi connectivity index (χ4n) is 6.18. The Morgan fingerprint density at radius 1 is 0.938 bits per heavy atom. The summed E-state index contributed by atoms with van der Waals surface area (Å²) in [6.07, 6.45) is 5.58. The molecular weight excluding hydrogens is 407 g/mol. The number of imide groups is 1. The van der Waals surface area contributed by atoms with E-state index in [1.54, 1.807) is 0 Å². The Bertz CT molecular complexity index is 1090. The summed E-state index contributed by atoms with van der Waals surface area (Å²) >= 11 is 0. The van der Waals surface area contributed by atoms with Crippen molar-refractivity contribution in [2.24, 2.45) is 35.5 Å². The number of benzene rings is 2. The molecule has 6 heteroatoms. The van der Waals surface area contributed by atoms with Gasteiger partial charge in [0.05, 0.1) is 11.8 Å². The molecule has 7 atom stereocenters. The third kappa shape index (κ3) is 2.93. The lowest BCUT2D eigenvalue weighted by Gasteiger charge is -2.37. The van der Waals surface area contributed by atoms with Crippen molar-refractivity contribution in [1.82, 2.24) is 4.90 Å². The van der Waals surface area contributed by atoms with E-state index in [4.69, 9.17) is 0 Å². The molecule has 1 N–H and O–H groups in total. The van der Waals surface area contributed by atoms with E-state index >= 15 is 0 Å². The predicted octanol–water partition coefficient (Wildman–Crippen LogP) is 3.43. The number of rotatable bonds is 5. The Balaban J connectivity index is 1.33. The highest BCUT2D eigenvalue weighted by Crippen LogP contribution is 2.65. The maximum Gasteiger partial charge on any atom is 0.248 e. The molecule has 0 aromatic heterocycles. The first-order valence-electron chi connectivity index (χ1n) is 11.2. The maximum absolute atomic E-state index is 13.6. The number of hydrogen-bond donors (Lipinski definition) is 1. The molecule has 3 amide bonds. The van der Waals surface area contributed by atoms with Crippen LogP contribution in [0.1, 0.15) is 12.0 Å². The van der Waals surface area contributed by atoms with Gasteiger partial charge in [0.2, 0.25) is 17.7 Å². The first-order chi connectivity index (χ1) is 15.5. The van der Waals surface area contributed by atoms with Crippen LogP contribution in [0.2, 0.25) is 0 Å². The SMILES string of the molecule is O=C(Nc1ccc(F)cc1)[C@H](Cc1ccccc1)N1C(=O)[C@@H]2[C@H]3C=C[C@@H]([C@@H]4C[C@@H]34)[C@@H]2C1=O. The summed E-state index contributed by atoms with van der Waals surface area (Å²) in [5.41, 5.74) is 1.29. The standard InChI is InChI=1S/C26H23FN2O3/c27-15-6-8-16(9-7-15)28-24(30)21(12-14-4-2-1-3-5-14)29-25(31)22-17-10-11-18(20-13-19(17)20)23(22)26(29)32/h1-11,17-23H,12-13H2,(H,28,30)/t17-,18-,19-,20-,21-,22-,23+/m0/s1. The monoisotopic (exact) mass is 430 g/mol. The summed E-state index contributed by atoms with van der Waals surface area (Å²) in [5, 5.41) is 2.78. The lowest BCUT2D eigenvalue weighted by Crippen LogP contribution is -2.49. The molecule has 162 valence electrons. The summed E-state index contributed by atoms with van der Waals surface area (Å²) in [7, 11) is 0. The van der Waals surface area contributed by atoms with Crippen molar-refractivity contribution in [2.45, 2.75) is 18.9 Å². The number of nitrogens with one attached hydrogen (secondary N) is 1. The van der Waals surface area contributed by atoms with Crippen LogP contribution in [-0.4, -0.2) is 28.7 Å². The number of amides is 3. The Morgan fingerprint density at radius 2 is 1.53 bits per heavy atom. The van der Waals surface area contributed by atoms with Crippen molar-refractivity contribution < 1.29 is 18.8 Å². The van der Waals surface area contributed by atoms with E-state index in [0.717, 1.165) is 12.0 Å². The quantitative estimate of drug-likeness (QED) is 0.584. The number of nitrogens with zero attached hydrogens (tertiary/aromatic N) is 1. The van der Waals surface area contributed by atoms with Gasteiger partial charge in [-0.15, -0.1) is 0 Å². The van der Waals surface area contributed by atoms with Gasteiger partial charge in [-0.1, -0.05) is 42.5 Å². The van der Waals surface area contributed by atoms with Crippen LogP contribution in [0.25, 0.3) is 0 Å². The van der Waals surface area contributed by atoms with E-state index in [0.29, 0.717) is 17.5 Å². The first kappa shape index (κ1) is 19.4. The molecule has 3 fully saturated rings. The Hall–Kier alpha value is -3.28. The van der Waals surface area contributed by atoms with Crippen molar-refractivity contribution in [1.29, 1.82) is 0 Å². The van der Waals surface area contributed by atoms with Crippen molar-refractivity contribution in [3.63, 3.8) is 0 Å². The second-order valence-electron chi connectivity index (χ2n) is 9.40. The third-order valence-electron chi connectivity index (χ3n) is 7.69. The van der Waals surface area contributed by atoms with Crippen molar-refractivity contribution in [3.8, 4) is 0 Å². The number of halogens is 1. The van der Waals surface area contributed by atoms with Crippen molar-refractivity contribution in [2.75, 3.05) is 5.32 Å². The van der Waals surface area contributed by atoms with Gasteiger partial charge in [-0.3, -0.25) is 19.3 Å². The summed E-state index contributed by atoms with van der Waals surface area (Å²) in [5.74, 6) is -0.767. The summed E-state index contributed by atoms with van der Waals surface area (Å²) in [6.45, 7) is 0. The molecule has 2 aromatic rings. The predicted molar refractivity (Wildman–Crippen MR) is 116 cm³/mol. The van der Waals surface area contributed by atoms with Crippen LogP contribution in [0.3, 0.4) is 0 Å². The zero-order chi connectivity index (χ0) is 22.0. The summed E-state index contributed by atoms with van der Waals surface area (Å²) < 4.78 is 13.3. The minimum absolute atomic E-state index is 0.106. The maximum atomic E-state index is 13.6. The van der Waals surface area contributed by atoms with Crippen LogP contribution in [0, 0.1) is 41.3 Å². The molecule has 0 radical (unpaired) electrons. The molecule has 1 aliphatic heterocycles. The second-order valence-corrected chi connectivity index (χ2v) is 9.40. The number of hydrogen-bond acceptors (Lipinski definition) is 3. The van der Waals surface area contributed by atoms with Gasteiger partial charge < -0.3 is 5.32 Å². The van der Waals surface area contributed by atoms with E-state index in [-0.39, 0.29) is 41.9 Å². The van der Waals surface area contributed by atoms with E-state index in [1.807, 2.05) is 30.3 Å². The van der Waals surface area contributed by atoms with E-state index in [2.05, 4.69) is 17.5 Å². The summed E-state index contributed by atoms with van der Waals surface area (Å²) in [4.78, 5) is 41.8. The largest absolute Gasteiger partial charge is 0.324 e. The lowest BCUT2D eigenvalue weighted by molar-refractivity contribution is -0.146. The number of anilines is 1. The van der Waals surface area contributed by atoms with Crippen LogP contribution < -0.4 is 5.32 Å². The van der Waals surface area contributed by atoms with E-state index in [1.165, 1.54) is 29.2 Å². The molecule has 1 saturated heterocycles. The minimum atomic E-state index is -0.955. The number of carbonyl (C=O) groups is 3. The van der Waals surface area contributed by atoms with Gasteiger partial charge in [0.25, 0.3) is 0 Å². The minimum Gasteiger partial charge on any atom is -0.324 e. The number of carbonyl (C=O) groups excluding carboxylic acids is 3. The van der Waals surface area contributed by atoms with Crippen LogP contribution in [0.4, 0.5) is 10.1 Å². The number of likely N-dealkylation sites (tertiary alicyclic amines) is 1. The van der Waals surface area contributed by atoms with Crippen molar-refractivity contribution >= 4 is 23.4 Å². The fraction of sp³-hybridized carbons (Fsp3) is 0.346. The van der Waals surface area contributed by atoms with Crippen LogP contribution >= 0.6 is 0 Å². The number of allylic oxidation sites excluding steroid dienone is 2. The smallest absolute Gasteiger partial charge is 0.248 e. The highest BCUT2D eigenvalue weighted by molar-refractivity contribution is 6.10. The van der Waals surface area contributed by atoms with E-state index in [9.17, 15) is 18.8 Å². The van der Waals surface area contributed by atoms with Gasteiger partial charge in [0, 0.05) is 12.1 Å². The lowest BCUT2D eigenvalue weighted by atomic mass is 9.63. The molecule has 5 nitrogen and oxygen atoms in total. The second kappa shape index (κ2) is 7.12. The third-order valence-corrected chi connectivity index (χ3v) is 7.69. The van der Waals surface area contributed by atoms with E-state index < -0.39 is 17.8 Å². The van der Waals surface area contributed by atoms with Crippen LogP contribution in [0.5, 0.6) is 0 Å². The molecular formula is C26H23FN2O3. The van der Waals surface area contributed by atoms with Gasteiger partial charge in [-0.2, -0.15) is 0 Å². The van der Waals surface area contributed by atoms with Gasteiger partial charge in [0.15, 0.2) is 0 Å². The Morgan fingerprint density at radius 3 is 2.12 bits per heavy atom. The highest BCUT2D eigenvalue weighted by Gasteiger charge is 2.67. The summed E-state index contributed by atoms with van der Waals surface area (Å²) in [6, 6.07) is 13.9. The molecule has 1 heterocycles. The molecule has 4 aliphatic carbocycles. The van der Waals surface area contributed by atoms with Gasteiger partial charge >= 0.3 is 0 Å². The molecule has 2 aromatic carbocycles. The molecule has 7 rings (SSSR count). The zero-order valence-electron chi connectivity index (χ0n) is 17.4. The van der Waals surface area contributed by atoms with Gasteiger partial charge in [0.1, 0.15) is 11.9 Å². The molecule has 5 aliphatic rings. The molecule has 2 saturated carbocycles. The van der Waals surface area contributed by atoms with Gasteiger partial charge in [-0.05, 0) is 59.9 Å². The molecule has 32 heavy (non-hydrogen) atoms. The first-order valence-corrected chi connectivity index (χ1v) is 11.2. The Labute approximate surface area is 185 Å².